The van der Waals surface area contributed by atoms with E-state index in [1.165, 1.54) is 16.4 Å². The molecule has 15 heteroatoms. The molecule has 0 unspecified atom stereocenters. The number of carbonyl (C=O) groups is 1. The fourth-order valence-corrected chi connectivity index (χ4v) is 3.96. The lowest BCUT2D eigenvalue weighted by molar-refractivity contribution is -0.116. The first kappa shape index (κ1) is 23.0. The van der Waals surface area contributed by atoms with Crippen molar-refractivity contribution in [3.05, 3.63) is 40.7 Å². The number of nitrogens with one attached hydrogen (secondary N) is 1. The highest BCUT2D eigenvalue weighted by Gasteiger charge is 2.40. The van der Waals surface area contributed by atoms with Crippen LogP contribution in [0.25, 0.3) is 11.2 Å². The Kier molecular flexibility index (Phi) is 6.05. The van der Waals surface area contributed by atoms with Crippen molar-refractivity contribution in [2.45, 2.75) is 31.8 Å². The number of hydrogen-bond acceptors (Lipinski definition) is 9. The third-order valence-electron chi connectivity index (χ3n) is 4.98. The second kappa shape index (κ2) is 8.67. The Labute approximate surface area is 185 Å². The Morgan fingerprint density at radius 2 is 2.06 bits per heavy atom. The Hall–Kier alpha value is -3.13. The Balaban J connectivity index is 1.84. The molecule has 2 aromatic heterocycles. The quantitative estimate of drug-likeness (QED) is 0.300. The van der Waals surface area contributed by atoms with Gasteiger partial charge in [0, 0.05) is 13.3 Å². The molecule has 1 aliphatic heterocycles. The number of amides is 1. The minimum atomic E-state index is -4.79. The molecule has 0 spiro atoms. The van der Waals surface area contributed by atoms with Crippen LogP contribution < -0.4 is 16.2 Å². The molecule has 1 amide bonds. The molecule has 1 aromatic carbocycles. The van der Waals surface area contributed by atoms with Crippen LogP contribution in [-0.2, 0) is 18.6 Å². The number of phosphoric acid groups is 1. The lowest BCUT2D eigenvalue weighted by Crippen LogP contribution is -2.28. The van der Waals surface area contributed by atoms with E-state index in [0.717, 1.165) is 0 Å². The van der Waals surface area contributed by atoms with E-state index < -0.39 is 44.3 Å². The number of para-hydroxylation sites is 1. The maximum Gasteiger partial charge on any atom is 0.469 e. The SMILES string of the molecule is CC(=O)N(c1ccccc1)c1nc2c(=O)[nH]c(N)nc2n1[C@H]1C[C@H](O)[C@@H](COP(=O)(O)O)O1. The van der Waals surface area contributed by atoms with Gasteiger partial charge in [-0.15, -0.1) is 0 Å². The fraction of sp³-hybridized carbons (Fsp3) is 0.333. The number of nitrogens with zero attached hydrogens (tertiary/aromatic N) is 4. The molecular weight excluding hydrogens is 459 g/mol. The number of phosphoric ester groups is 1. The van der Waals surface area contributed by atoms with E-state index in [1.54, 1.807) is 30.3 Å². The molecule has 0 aliphatic carbocycles. The molecule has 176 valence electrons. The van der Waals surface area contributed by atoms with Crippen LogP contribution in [-0.4, -0.2) is 59.1 Å². The van der Waals surface area contributed by atoms with Crippen molar-refractivity contribution < 1.29 is 33.5 Å². The van der Waals surface area contributed by atoms with Gasteiger partial charge in [-0.3, -0.25) is 28.6 Å². The van der Waals surface area contributed by atoms with E-state index in [-0.39, 0.29) is 29.5 Å². The standard InChI is InChI=1S/C18H21N6O8P/c1-9(25)23(10-5-3-2-4-6-10)18-20-14-15(21-17(19)22-16(14)27)24(18)13-7-11(26)12(32-13)8-31-33(28,29)30/h2-6,11-13,26H,7-8H2,1H3,(H2,28,29,30)(H3,19,21,22,27)/t11-,12+,13+/m0/s1. The van der Waals surface area contributed by atoms with Crippen LogP contribution in [0.5, 0.6) is 0 Å². The number of aliphatic hydroxyl groups is 1. The van der Waals surface area contributed by atoms with E-state index in [2.05, 4.69) is 19.5 Å². The van der Waals surface area contributed by atoms with Crippen LogP contribution in [0.1, 0.15) is 19.6 Å². The predicted molar refractivity (Wildman–Crippen MR) is 114 cm³/mol. The van der Waals surface area contributed by atoms with Gasteiger partial charge in [0.05, 0.1) is 18.4 Å². The maximum atomic E-state index is 12.6. The van der Waals surface area contributed by atoms with Gasteiger partial charge in [0.1, 0.15) is 12.3 Å². The molecule has 4 rings (SSSR count). The number of nitrogens with two attached hydrogens (primary N) is 1. The number of imidazole rings is 1. The topological polar surface area (TPSA) is 206 Å². The van der Waals surface area contributed by atoms with Gasteiger partial charge in [-0.2, -0.15) is 4.98 Å². The zero-order valence-electron chi connectivity index (χ0n) is 17.2. The van der Waals surface area contributed by atoms with Gasteiger partial charge in [-0.25, -0.2) is 9.55 Å². The van der Waals surface area contributed by atoms with Crippen LogP contribution in [0.3, 0.4) is 0 Å². The molecule has 0 saturated carbocycles. The van der Waals surface area contributed by atoms with Crippen molar-refractivity contribution in [3.8, 4) is 0 Å². The van der Waals surface area contributed by atoms with Crippen molar-refractivity contribution in [1.82, 2.24) is 19.5 Å². The van der Waals surface area contributed by atoms with Crippen molar-refractivity contribution in [2.24, 2.45) is 0 Å². The summed E-state index contributed by atoms with van der Waals surface area (Å²) in [5.74, 6) is -0.641. The van der Waals surface area contributed by atoms with Gasteiger partial charge in [-0.05, 0) is 12.1 Å². The summed E-state index contributed by atoms with van der Waals surface area (Å²) in [6.45, 7) is 0.721. The summed E-state index contributed by atoms with van der Waals surface area (Å²) in [6.07, 6.45) is -3.35. The number of ether oxygens (including phenoxy) is 1. The molecule has 14 nitrogen and oxygen atoms in total. The van der Waals surface area contributed by atoms with Gasteiger partial charge in [-0.1, -0.05) is 18.2 Å². The molecule has 0 radical (unpaired) electrons. The van der Waals surface area contributed by atoms with Crippen LogP contribution >= 0.6 is 7.82 Å². The number of hydrogen-bond donors (Lipinski definition) is 5. The van der Waals surface area contributed by atoms with E-state index in [4.69, 9.17) is 20.3 Å². The third-order valence-corrected chi connectivity index (χ3v) is 5.46. The molecule has 1 fully saturated rings. The largest absolute Gasteiger partial charge is 0.469 e. The van der Waals surface area contributed by atoms with E-state index in [1.807, 2.05) is 0 Å². The monoisotopic (exact) mass is 480 g/mol. The minimum absolute atomic E-state index is 0.00203. The normalized spacial score (nSPS) is 20.9. The summed E-state index contributed by atoms with van der Waals surface area (Å²) in [7, 11) is -4.79. The number of H-pyrrole nitrogens is 1. The summed E-state index contributed by atoms with van der Waals surface area (Å²) in [4.78, 5) is 55.1. The van der Waals surface area contributed by atoms with Gasteiger partial charge < -0.3 is 25.4 Å². The molecule has 1 saturated heterocycles. The number of aliphatic hydroxyl groups excluding tert-OH is 1. The first-order chi connectivity index (χ1) is 15.5. The van der Waals surface area contributed by atoms with Crippen LogP contribution in [0.15, 0.2) is 35.1 Å². The Morgan fingerprint density at radius 1 is 1.36 bits per heavy atom. The highest BCUT2D eigenvalue weighted by molar-refractivity contribution is 7.46. The van der Waals surface area contributed by atoms with Crippen molar-refractivity contribution in [3.63, 3.8) is 0 Å². The summed E-state index contributed by atoms with van der Waals surface area (Å²) in [5.41, 5.74) is 5.40. The van der Waals surface area contributed by atoms with E-state index in [9.17, 15) is 19.3 Å². The van der Waals surface area contributed by atoms with E-state index >= 15 is 0 Å². The summed E-state index contributed by atoms with van der Waals surface area (Å²) >= 11 is 0. The predicted octanol–water partition coefficient (Wildman–Crippen LogP) is 0.144. The van der Waals surface area contributed by atoms with Gasteiger partial charge >= 0.3 is 7.82 Å². The van der Waals surface area contributed by atoms with Crippen LogP contribution in [0, 0.1) is 0 Å². The number of aromatic nitrogens is 4. The average Bonchev–Trinajstić information content (AvgIpc) is 3.27. The van der Waals surface area contributed by atoms with E-state index in [0.29, 0.717) is 5.69 Å². The molecule has 3 aromatic rings. The molecule has 33 heavy (non-hydrogen) atoms. The lowest BCUT2D eigenvalue weighted by atomic mass is 10.2. The zero-order chi connectivity index (χ0) is 23.9. The van der Waals surface area contributed by atoms with Crippen molar-refractivity contribution in [2.75, 3.05) is 17.2 Å². The first-order valence-corrected chi connectivity index (χ1v) is 11.3. The van der Waals surface area contributed by atoms with Gasteiger partial charge in [0.15, 0.2) is 11.2 Å². The second-order valence-corrected chi connectivity index (χ2v) is 8.55. The number of benzene rings is 1. The second-order valence-electron chi connectivity index (χ2n) is 7.31. The molecule has 3 atom stereocenters. The summed E-state index contributed by atoms with van der Waals surface area (Å²) < 4.78 is 22.6. The maximum absolute atomic E-state index is 12.6. The number of aromatic amines is 1. The zero-order valence-corrected chi connectivity index (χ0v) is 18.1. The number of rotatable bonds is 6. The number of anilines is 3. The van der Waals surface area contributed by atoms with Gasteiger partial charge in [0.25, 0.3) is 5.56 Å². The Morgan fingerprint density at radius 3 is 2.70 bits per heavy atom. The smallest absolute Gasteiger partial charge is 0.390 e. The molecule has 0 bridgehead atoms. The van der Waals surface area contributed by atoms with Crippen molar-refractivity contribution in [1.29, 1.82) is 0 Å². The highest BCUT2D eigenvalue weighted by Crippen LogP contribution is 2.40. The van der Waals surface area contributed by atoms with Gasteiger partial charge in [0.2, 0.25) is 17.8 Å². The number of carbonyl (C=O) groups excluding carboxylic acids is 1. The molecule has 1 aliphatic rings. The summed E-state index contributed by atoms with van der Waals surface area (Å²) in [6, 6.07) is 8.52. The number of fused-ring (bicyclic) bond motifs is 1. The van der Waals surface area contributed by atoms with Crippen LogP contribution in [0.2, 0.25) is 0 Å². The third kappa shape index (κ3) is 4.66. The molecule has 6 N–H and O–H groups in total. The number of nitrogen functional groups attached to an aromatic ring is 1. The van der Waals surface area contributed by atoms with Crippen molar-refractivity contribution >= 4 is 42.5 Å². The first-order valence-electron chi connectivity index (χ1n) is 9.72. The summed E-state index contributed by atoms with van der Waals surface area (Å²) in [5, 5.41) is 10.4. The van der Waals surface area contributed by atoms with Crippen LogP contribution in [0.4, 0.5) is 17.6 Å². The average molecular weight is 480 g/mol. The fourth-order valence-electron chi connectivity index (χ4n) is 3.62. The lowest BCUT2D eigenvalue weighted by Gasteiger charge is -2.24. The minimum Gasteiger partial charge on any atom is -0.390 e. The molecule has 3 heterocycles. The Bertz CT molecular complexity index is 1290. The highest BCUT2D eigenvalue weighted by atomic mass is 31.2. The molecular formula is C18H21N6O8P.